The second kappa shape index (κ2) is 4.87. The molecule has 3 atom stereocenters. The van der Waals surface area contributed by atoms with Crippen molar-refractivity contribution in [1.82, 2.24) is 20.0 Å². The second-order valence-corrected chi connectivity index (χ2v) is 8.05. The molecule has 1 aromatic carbocycles. The molecule has 2 amide bonds. The number of fused-ring (bicyclic) bond motifs is 4. The normalized spacial score (nSPS) is 29.0. The SMILES string of the molecule is O=C(N[C@@H]1[C@H]2Cc3ccccc3[C@H]21)N1CCn2nc(C3CC3)cc2C1. The minimum Gasteiger partial charge on any atom is -0.334 e. The predicted octanol–water partition coefficient (Wildman–Crippen LogP) is 2.62. The van der Waals surface area contributed by atoms with Gasteiger partial charge in [0.25, 0.3) is 0 Å². The molecule has 2 aromatic rings. The molecule has 2 saturated carbocycles. The van der Waals surface area contributed by atoms with Gasteiger partial charge in [-0.3, -0.25) is 4.68 Å². The summed E-state index contributed by atoms with van der Waals surface area (Å²) in [6.45, 7) is 2.25. The Hall–Kier alpha value is -2.30. The lowest BCUT2D eigenvalue weighted by molar-refractivity contribution is 0.180. The Labute approximate surface area is 147 Å². The van der Waals surface area contributed by atoms with E-state index >= 15 is 0 Å². The third kappa shape index (κ3) is 2.14. The molecule has 3 aliphatic carbocycles. The van der Waals surface area contributed by atoms with E-state index in [1.165, 1.54) is 35.4 Å². The number of urea groups is 1. The number of hydrogen-bond acceptors (Lipinski definition) is 2. The summed E-state index contributed by atoms with van der Waals surface area (Å²) in [5.74, 6) is 1.82. The van der Waals surface area contributed by atoms with Crippen LogP contribution < -0.4 is 5.32 Å². The number of hydrogen-bond donors (Lipinski definition) is 1. The fourth-order valence-corrected chi connectivity index (χ4v) is 4.82. The molecule has 1 aliphatic heterocycles. The maximum atomic E-state index is 12.7. The number of nitrogens with zero attached hydrogens (tertiary/aromatic N) is 3. The Bertz CT molecular complexity index is 868. The third-order valence-corrected chi connectivity index (χ3v) is 6.43. The standard InChI is InChI=1S/C20H22N4O/c25-20(21-19-16-9-13-3-1-2-4-15(13)18(16)19)23-7-8-24-14(11-23)10-17(22-24)12-5-6-12/h1-4,10,12,16,18-19H,5-9,11H2,(H,21,25)/t16-,18+,19+/m0/s1. The van der Waals surface area contributed by atoms with Crippen molar-refractivity contribution in [3.8, 4) is 0 Å². The van der Waals surface area contributed by atoms with Gasteiger partial charge in [-0.1, -0.05) is 24.3 Å². The largest absolute Gasteiger partial charge is 0.334 e. The monoisotopic (exact) mass is 334 g/mol. The Morgan fingerprint density at radius 2 is 2.08 bits per heavy atom. The smallest absolute Gasteiger partial charge is 0.318 e. The Morgan fingerprint density at radius 3 is 2.96 bits per heavy atom. The Kier molecular flexibility index (Phi) is 2.71. The van der Waals surface area contributed by atoms with Gasteiger partial charge in [-0.05, 0) is 42.4 Å². The zero-order valence-electron chi connectivity index (χ0n) is 14.2. The minimum absolute atomic E-state index is 0.0947. The number of rotatable bonds is 2. The first-order valence-electron chi connectivity index (χ1n) is 9.48. The van der Waals surface area contributed by atoms with Crippen LogP contribution in [0.5, 0.6) is 0 Å². The van der Waals surface area contributed by atoms with E-state index in [-0.39, 0.29) is 6.03 Å². The lowest BCUT2D eigenvalue weighted by atomic mass is 10.1. The molecule has 5 heteroatoms. The summed E-state index contributed by atoms with van der Waals surface area (Å²) in [4.78, 5) is 14.7. The highest BCUT2D eigenvalue weighted by Crippen LogP contribution is 2.56. The number of aromatic nitrogens is 2. The molecular weight excluding hydrogens is 312 g/mol. The minimum atomic E-state index is 0.0947. The molecule has 0 spiro atoms. The average molecular weight is 334 g/mol. The van der Waals surface area contributed by atoms with Gasteiger partial charge in [-0.15, -0.1) is 0 Å². The zero-order valence-corrected chi connectivity index (χ0v) is 14.2. The maximum Gasteiger partial charge on any atom is 0.318 e. The quantitative estimate of drug-likeness (QED) is 0.918. The highest BCUT2D eigenvalue weighted by molar-refractivity contribution is 5.75. The van der Waals surface area contributed by atoms with Gasteiger partial charge in [0, 0.05) is 24.4 Å². The van der Waals surface area contributed by atoms with Gasteiger partial charge in [0.05, 0.1) is 24.5 Å². The number of benzene rings is 1. The molecule has 0 radical (unpaired) electrons. The van der Waals surface area contributed by atoms with Gasteiger partial charge in [0.2, 0.25) is 0 Å². The van der Waals surface area contributed by atoms with Crippen LogP contribution in [0.4, 0.5) is 4.79 Å². The van der Waals surface area contributed by atoms with Gasteiger partial charge in [0.15, 0.2) is 0 Å². The topological polar surface area (TPSA) is 50.2 Å². The fraction of sp³-hybridized carbons (Fsp3) is 0.500. The molecule has 0 unspecified atom stereocenters. The first-order chi connectivity index (χ1) is 12.3. The number of carbonyl (C=O) groups is 1. The lowest BCUT2D eigenvalue weighted by Gasteiger charge is -2.28. The summed E-state index contributed by atoms with van der Waals surface area (Å²) in [6.07, 6.45) is 3.66. The van der Waals surface area contributed by atoms with Crippen molar-refractivity contribution in [1.29, 1.82) is 0 Å². The van der Waals surface area contributed by atoms with Crippen LogP contribution in [0.1, 0.15) is 47.2 Å². The van der Waals surface area contributed by atoms with Crippen LogP contribution in [0.3, 0.4) is 0 Å². The van der Waals surface area contributed by atoms with Crippen molar-refractivity contribution in [2.75, 3.05) is 6.54 Å². The van der Waals surface area contributed by atoms with E-state index in [4.69, 9.17) is 5.10 Å². The summed E-state index contributed by atoms with van der Waals surface area (Å²) in [5, 5.41) is 8.01. The van der Waals surface area contributed by atoms with Crippen molar-refractivity contribution in [2.24, 2.45) is 5.92 Å². The number of amides is 2. The van der Waals surface area contributed by atoms with Gasteiger partial charge >= 0.3 is 6.03 Å². The molecule has 1 aromatic heterocycles. The van der Waals surface area contributed by atoms with Crippen molar-refractivity contribution in [3.63, 3.8) is 0 Å². The first kappa shape index (κ1) is 13.9. The highest BCUT2D eigenvalue weighted by Gasteiger charge is 2.56. The van der Waals surface area contributed by atoms with E-state index in [0.29, 0.717) is 30.3 Å². The molecule has 2 fully saturated rings. The van der Waals surface area contributed by atoms with Gasteiger partial charge in [0.1, 0.15) is 0 Å². The molecule has 128 valence electrons. The second-order valence-electron chi connectivity index (χ2n) is 8.05. The van der Waals surface area contributed by atoms with Gasteiger partial charge in [-0.25, -0.2) is 4.79 Å². The summed E-state index contributed by atoms with van der Waals surface area (Å²) in [7, 11) is 0. The van der Waals surface area contributed by atoms with Crippen LogP contribution in [0.15, 0.2) is 30.3 Å². The molecule has 5 nitrogen and oxygen atoms in total. The van der Waals surface area contributed by atoms with Gasteiger partial charge in [-0.2, -0.15) is 5.10 Å². The summed E-state index contributed by atoms with van der Waals surface area (Å²) < 4.78 is 2.10. The summed E-state index contributed by atoms with van der Waals surface area (Å²) >= 11 is 0. The average Bonchev–Trinajstić information content (AvgIpc) is 3.50. The summed E-state index contributed by atoms with van der Waals surface area (Å²) in [5.41, 5.74) is 5.33. The van der Waals surface area contributed by atoms with Crippen LogP contribution in [0, 0.1) is 5.92 Å². The van der Waals surface area contributed by atoms with E-state index in [0.717, 1.165) is 19.5 Å². The van der Waals surface area contributed by atoms with E-state index in [2.05, 4.69) is 40.3 Å². The molecule has 4 aliphatic rings. The Morgan fingerprint density at radius 1 is 1.20 bits per heavy atom. The molecule has 6 rings (SSSR count). The molecule has 2 heterocycles. The van der Waals surface area contributed by atoms with E-state index in [1.54, 1.807) is 0 Å². The molecule has 25 heavy (non-hydrogen) atoms. The van der Waals surface area contributed by atoms with Crippen molar-refractivity contribution >= 4 is 6.03 Å². The lowest BCUT2D eigenvalue weighted by Crippen LogP contribution is -2.45. The Balaban J connectivity index is 1.13. The zero-order chi connectivity index (χ0) is 16.5. The number of nitrogens with one attached hydrogen (secondary N) is 1. The van der Waals surface area contributed by atoms with Crippen LogP contribution in [0.25, 0.3) is 0 Å². The van der Waals surface area contributed by atoms with E-state index < -0.39 is 0 Å². The van der Waals surface area contributed by atoms with Crippen LogP contribution in [-0.4, -0.2) is 33.3 Å². The van der Waals surface area contributed by atoms with Crippen LogP contribution >= 0.6 is 0 Å². The van der Waals surface area contributed by atoms with Crippen molar-refractivity contribution in [2.45, 2.75) is 50.2 Å². The van der Waals surface area contributed by atoms with Crippen LogP contribution in [-0.2, 0) is 19.5 Å². The highest BCUT2D eigenvalue weighted by atomic mass is 16.2. The third-order valence-electron chi connectivity index (χ3n) is 6.43. The van der Waals surface area contributed by atoms with Crippen LogP contribution in [0.2, 0.25) is 0 Å². The predicted molar refractivity (Wildman–Crippen MR) is 93.3 cm³/mol. The molecular formula is C20H22N4O. The molecule has 1 N–H and O–H groups in total. The maximum absolute atomic E-state index is 12.7. The van der Waals surface area contributed by atoms with E-state index in [1.807, 2.05) is 4.90 Å². The van der Waals surface area contributed by atoms with Crippen molar-refractivity contribution in [3.05, 3.63) is 52.8 Å². The summed E-state index contributed by atoms with van der Waals surface area (Å²) in [6, 6.07) is 11.3. The fourth-order valence-electron chi connectivity index (χ4n) is 4.82. The van der Waals surface area contributed by atoms with E-state index in [9.17, 15) is 4.79 Å². The molecule has 0 bridgehead atoms. The van der Waals surface area contributed by atoms with Gasteiger partial charge < -0.3 is 10.2 Å². The molecule has 0 saturated heterocycles. The van der Waals surface area contributed by atoms with Crippen molar-refractivity contribution < 1.29 is 4.79 Å². The number of carbonyl (C=O) groups excluding carboxylic acids is 1. The first-order valence-corrected chi connectivity index (χ1v) is 9.48.